The molecule has 16 heteroatoms. The van der Waals surface area contributed by atoms with Crippen LogP contribution in [0, 0.1) is 5.41 Å². The van der Waals surface area contributed by atoms with Gasteiger partial charge in [0.2, 0.25) is 23.0 Å². The van der Waals surface area contributed by atoms with Crippen molar-refractivity contribution < 1.29 is 17.9 Å². The number of aromatic nitrogens is 2. The lowest BCUT2D eigenvalue weighted by molar-refractivity contribution is -0.114. The fourth-order valence-corrected chi connectivity index (χ4v) is 4.56. The third-order valence-corrected chi connectivity index (χ3v) is 6.76. The summed E-state index contributed by atoms with van der Waals surface area (Å²) < 4.78 is 32.0. The number of benzene rings is 2. The average Bonchev–Trinajstić information content (AvgIpc) is 3.20. The Morgan fingerprint density at radius 1 is 1.17 bits per heavy atom. The van der Waals surface area contributed by atoms with Gasteiger partial charge < -0.3 is 21.5 Å². The predicted molar refractivity (Wildman–Crippen MR) is 136 cm³/mol. The van der Waals surface area contributed by atoms with Crippen LogP contribution >= 0.6 is 35.3 Å². The van der Waals surface area contributed by atoms with E-state index in [1.54, 1.807) is 24.3 Å². The fraction of sp³-hybridized carbons (Fsp3) is 0.105. The Labute approximate surface area is 215 Å². The van der Waals surface area contributed by atoms with E-state index >= 15 is 0 Å². The molecule has 6 N–H and O–H groups in total. The van der Waals surface area contributed by atoms with Crippen LogP contribution in [-0.4, -0.2) is 40.7 Å². The lowest BCUT2D eigenvalue weighted by Crippen LogP contribution is -2.48. The number of aliphatic imine (C=N–C) groups is 1. The molecule has 35 heavy (non-hydrogen) atoms. The van der Waals surface area contributed by atoms with Gasteiger partial charge in [-0.2, -0.15) is 9.30 Å². The van der Waals surface area contributed by atoms with Gasteiger partial charge in [0.25, 0.3) is 10.0 Å². The Balaban J connectivity index is 0.00000432. The Bertz CT molecular complexity index is 1330. The molecule has 0 radical (unpaired) electrons. The van der Waals surface area contributed by atoms with E-state index in [2.05, 4.69) is 20.5 Å². The lowest BCUT2D eigenvalue weighted by Gasteiger charge is -2.21. The van der Waals surface area contributed by atoms with Crippen LogP contribution < -0.4 is 21.5 Å². The van der Waals surface area contributed by atoms with Crippen molar-refractivity contribution in [2.75, 3.05) is 5.32 Å². The number of carbonyl (C=O) groups is 1. The Morgan fingerprint density at radius 3 is 2.37 bits per heavy atom. The van der Waals surface area contributed by atoms with Gasteiger partial charge in [0.15, 0.2) is 5.01 Å². The number of rotatable bonds is 7. The molecule has 186 valence electrons. The van der Waals surface area contributed by atoms with Crippen molar-refractivity contribution in [2.24, 2.45) is 16.5 Å². The second kappa shape index (κ2) is 11.8. The Morgan fingerprint density at radius 2 is 1.80 bits per heavy atom. The first kappa shape index (κ1) is 27.8. The summed E-state index contributed by atoms with van der Waals surface area (Å²) in [5.74, 6) is -1.21. The molecule has 0 atom stereocenters. The molecule has 0 aliphatic carbocycles. The van der Waals surface area contributed by atoms with Gasteiger partial charge in [-0.1, -0.05) is 22.9 Å². The van der Waals surface area contributed by atoms with Crippen molar-refractivity contribution in [2.45, 2.75) is 18.4 Å². The minimum atomic E-state index is -4.37. The quantitative estimate of drug-likeness (QED) is 0.251. The second-order valence-corrected chi connectivity index (χ2v) is 9.81. The summed E-state index contributed by atoms with van der Waals surface area (Å²) in [6, 6.07) is 12.0. The first-order valence-electron chi connectivity index (χ1n) is 9.38. The molecule has 0 bridgehead atoms. The van der Waals surface area contributed by atoms with Gasteiger partial charge in [0.05, 0.1) is 4.90 Å². The maximum Gasteiger partial charge on any atom is 0.273 e. The van der Waals surface area contributed by atoms with Gasteiger partial charge in [0.1, 0.15) is 12.4 Å². The van der Waals surface area contributed by atoms with Gasteiger partial charge in [-0.05, 0) is 48.5 Å². The normalized spacial score (nSPS) is 11.3. The molecule has 0 spiro atoms. The molecule has 1 amide bonds. The fourth-order valence-electron chi connectivity index (χ4n) is 2.56. The highest BCUT2D eigenvalue weighted by Crippen LogP contribution is 2.23. The van der Waals surface area contributed by atoms with E-state index in [0.29, 0.717) is 25.8 Å². The van der Waals surface area contributed by atoms with Crippen molar-refractivity contribution in [3.8, 4) is 5.75 Å². The van der Waals surface area contributed by atoms with Crippen LogP contribution in [0.2, 0.25) is 5.02 Å². The third-order valence-electron chi connectivity index (χ3n) is 3.98. The predicted octanol–water partition coefficient (Wildman–Crippen LogP) is 2.68. The molecule has 0 aliphatic rings. The Hall–Kier alpha value is -3.46. The maximum absolute atomic E-state index is 13.0. The number of guanidine groups is 2. The number of nitrogens with two attached hydrogens (primary N) is 2. The SMILES string of the molecule is CC(=O)Nc1ccc(S(=O)(=O)N(C(=N)N)/C(N)=N\c2nnc(COc3ccc(Cl)cc3)s2)cc1.Cl. The summed E-state index contributed by atoms with van der Waals surface area (Å²) in [5.41, 5.74) is 11.8. The van der Waals surface area contributed by atoms with Crippen molar-refractivity contribution >= 4 is 74.0 Å². The van der Waals surface area contributed by atoms with Gasteiger partial charge in [-0.15, -0.1) is 22.6 Å². The number of halogens is 2. The standard InChI is InChI=1S/C19H19ClN8O4S2.ClH/c1-11(29)24-13-4-8-15(9-5-13)34(30,31)28(17(21)22)18(23)25-19-27-26-16(33-19)10-32-14-6-2-12(20)3-7-14;/h2-9H,10H2,1H3,(H3,21,22)(H,24,29)(H2,23,25,27);1H. The number of carbonyl (C=O) groups excluding carboxylic acids is 1. The van der Waals surface area contributed by atoms with Gasteiger partial charge >= 0.3 is 0 Å². The zero-order valence-electron chi connectivity index (χ0n) is 18.0. The molecule has 0 fully saturated rings. The van der Waals surface area contributed by atoms with Crippen molar-refractivity contribution in [1.29, 1.82) is 5.41 Å². The topological polar surface area (TPSA) is 190 Å². The van der Waals surface area contributed by atoms with Crippen molar-refractivity contribution in [3.05, 3.63) is 58.6 Å². The van der Waals surface area contributed by atoms with Crippen LogP contribution in [0.15, 0.2) is 58.4 Å². The molecule has 1 heterocycles. The van der Waals surface area contributed by atoms with E-state index in [0.717, 1.165) is 11.3 Å². The first-order chi connectivity index (χ1) is 16.1. The smallest absolute Gasteiger partial charge is 0.273 e. The summed E-state index contributed by atoms with van der Waals surface area (Å²) in [6.07, 6.45) is 0. The maximum atomic E-state index is 13.0. The van der Waals surface area contributed by atoms with E-state index in [4.69, 9.17) is 33.2 Å². The largest absolute Gasteiger partial charge is 0.486 e. The molecule has 0 saturated carbocycles. The molecule has 0 saturated heterocycles. The zero-order valence-corrected chi connectivity index (χ0v) is 21.2. The van der Waals surface area contributed by atoms with Crippen LogP contribution in [0.5, 0.6) is 5.75 Å². The molecule has 1 aromatic heterocycles. The van der Waals surface area contributed by atoms with E-state index in [1.807, 2.05) is 0 Å². The average molecular weight is 559 g/mol. The number of ether oxygens (including phenoxy) is 1. The van der Waals surface area contributed by atoms with E-state index < -0.39 is 21.9 Å². The highest BCUT2D eigenvalue weighted by atomic mass is 35.5. The number of hydrogen-bond donors (Lipinski definition) is 4. The monoisotopic (exact) mass is 558 g/mol. The molecule has 3 rings (SSSR count). The number of anilines is 1. The highest BCUT2D eigenvalue weighted by molar-refractivity contribution is 7.90. The molecule has 2 aromatic carbocycles. The van der Waals surface area contributed by atoms with Crippen LogP contribution in [0.25, 0.3) is 0 Å². The van der Waals surface area contributed by atoms with Gasteiger partial charge in [0, 0.05) is 17.6 Å². The molecule has 3 aromatic rings. The van der Waals surface area contributed by atoms with Crippen LogP contribution in [0.1, 0.15) is 11.9 Å². The molecular formula is C19H20Cl2N8O4S2. The molecule has 12 nitrogen and oxygen atoms in total. The van der Waals surface area contributed by atoms with E-state index in [-0.39, 0.29) is 34.9 Å². The number of sulfonamides is 1. The number of hydrogen-bond acceptors (Lipinski definition) is 9. The van der Waals surface area contributed by atoms with Crippen LogP contribution in [0.4, 0.5) is 10.8 Å². The number of nitrogens with zero attached hydrogens (tertiary/aromatic N) is 4. The summed E-state index contributed by atoms with van der Waals surface area (Å²) in [7, 11) is -4.37. The highest BCUT2D eigenvalue weighted by Gasteiger charge is 2.29. The Kier molecular flexibility index (Phi) is 9.36. The third kappa shape index (κ3) is 7.26. The molecule has 0 aliphatic heterocycles. The second-order valence-electron chi connectivity index (χ2n) is 6.55. The summed E-state index contributed by atoms with van der Waals surface area (Å²) >= 11 is 6.85. The van der Waals surface area contributed by atoms with Crippen molar-refractivity contribution in [3.63, 3.8) is 0 Å². The molecular weight excluding hydrogens is 539 g/mol. The summed E-state index contributed by atoms with van der Waals surface area (Å²) in [4.78, 5) is 14.9. The summed E-state index contributed by atoms with van der Waals surface area (Å²) in [6.45, 7) is 1.41. The lowest BCUT2D eigenvalue weighted by atomic mass is 10.3. The first-order valence-corrected chi connectivity index (χ1v) is 12.0. The zero-order chi connectivity index (χ0) is 24.9. The van der Waals surface area contributed by atoms with E-state index in [1.165, 1.54) is 31.2 Å². The van der Waals surface area contributed by atoms with Crippen molar-refractivity contribution in [1.82, 2.24) is 14.5 Å². The summed E-state index contributed by atoms with van der Waals surface area (Å²) in [5, 5.41) is 19.1. The van der Waals surface area contributed by atoms with Crippen LogP contribution in [-0.2, 0) is 21.4 Å². The van der Waals surface area contributed by atoms with Crippen LogP contribution in [0.3, 0.4) is 0 Å². The number of nitrogens with one attached hydrogen (secondary N) is 2. The van der Waals surface area contributed by atoms with Gasteiger partial charge in [-0.3, -0.25) is 10.2 Å². The minimum absolute atomic E-state index is 0. The van der Waals surface area contributed by atoms with Gasteiger partial charge in [-0.25, -0.2) is 8.42 Å². The van der Waals surface area contributed by atoms with E-state index in [9.17, 15) is 13.2 Å². The minimum Gasteiger partial charge on any atom is -0.486 e. The number of amides is 1. The molecule has 0 unspecified atom stereocenters.